The van der Waals surface area contributed by atoms with Crippen LogP contribution in [-0.2, 0) is 4.79 Å². The van der Waals surface area contributed by atoms with Gasteiger partial charge in [0, 0.05) is 11.3 Å². The fourth-order valence-electron chi connectivity index (χ4n) is 3.26. The minimum Gasteiger partial charge on any atom is -0.299 e. The van der Waals surface area contributed by atoms with Crippen molar-refractivity contribution in [3.8, 4) is 0 Å². The molecule has 0 aromatic carbocycles. The molecule has 2 fully saturated rings. The van der Waals surface area contributed by atoms with E-state index >= 15 is 0 Å². The average Bonchev–Trinajstić information content (AvgIpc) is 2.67. The first-order chi connectivity index (χ1) is 6.72. The van der Waals surface area contributed by atoms with Crippen molar-refractivity contribution in [2.24, 2.45) is 11.3 Å². The third kappa shape index (κ3) is 1.87. The molecule has 2 aliphatic rings. The zero-order valence-electron chi connectivity index (χ0n) is 9.35. The second kappa shape index (κ2) is 4.04. The minimum atomic E-state index is 0.0714. The fraction of sp³-hybridized carbons (Fsp3) is 0.923. The van der Waals surface area contributed by atoms with Gasteiger partial charge < -0.3 is 0 Å². The van der Waals surface area contributed by atoms with Crippen LogP contribution in [0, 0.1) is 11.3 Å². The second-order valence-corrected chi connectivity index (χ2v) is 5.47. The van der Waals surface area contributed by atoms with Crippen molar-refractivity contribution in [1.29, 1.82) is 0 Å². The molecule has 0 heterocycles. The van der Waals surface area contributed by atoms with Gasteiger partial charge in [-0.1, -0.05) is 39.0 Å². The Bertz CT molecular complexity index is 207. The number of hydrogen-bond acceptors (Lipinski definition) is 1. The standard InChI is InChI=1S/C13H22O/c1-13(9-5-6-10-13)12(14)11-7-3-2-4-8-11/h11H,2-10H2,1H3. The lowest BCUT2D eigenvalue weighted by Gasteiger charge is -2.29. The Morgan fingerprint density at radius 3 is 2.14 bits per heavy atom. The first kappa shape index (κ1) is 10.2. The lowest BCUT2D eigenvalue weighted by atomic mass is 9.73. The summed E-state index contributed by atoms with van der Waals surface area (Å²) in [5, 5.41) is 0. The average molecular weight is 194 g/mol. The van der Waals surface area contributed by atoms with Crippen LogP contribution in [0.4, 0.5) is 0 Å². The molecule has 0 atom stereocenters. The van der Waals surface area contributed by atoms with Gasteiger partial charge in [-0.3, -0.25) is 4.79 Å². The highest BCUT2D eigenvalue weighted by Crippen LogP contribution is 2.42. The molecule has 1 heteroatoms. The number of carbonyl (C=O) groups is 1. The van der Waals surface area contributed by atoms with Crippen LogP contribution < -0.4 is 0 Å². The van der Waals surface area contributed by atoms with Crippen molar-refractivity contribution in [2.45, 2.75) is 64.7 Å². The summed E-state index contributed by atoms with van der Waals surface area (Å²) in [5.74, 6) is 1.03. The van der Waals surface area contributed by atoms with E-state index in [0.717, 1.165) is 12.8 Å². The van der Waals surface area contributed by atoms with E-state index < -0.39 is 0 Å². The SMILES string of the molecule is CC1(C(=O)C2CCCCC2)CCCC1. The van der Waals surface area contributed by atoms with Gasteiger partial charge in [0.1, 0.15) is 5.78 Å². The highest BCUT2D eigenvalue weighted by Gasteiger charge is 2.39. The van der Waals surface area contributed by atoms with Crippen molar-refractivity contribution in [3.05, 3.63) is 0 Å². The van der Waals surface area contributed by atoms with Crippen LogP contribution in [-0.4, -0.2) is 5.78 Å². The molecule has 1 nitrogen and oxygen atoms in total. The quantitative estimate of drug-likeness (QED) is 0.655. The van der Waals surface area contributed by atoms with Crippen LogP contribution in [0.25, 0.3) is 0 Å². The monoisotopic (exact) mass is 194 g/mol. The summed E-state index contributed by atoms with van der Waals surface area (Å²) in [6.07, 6.45) is 11.1. The number of rotatable bonds is 2. The molecule has 0 spiro atoms. The van der Waals surface area contributed by atoms with E-state index in [4.69, 9.17) is 0 Å². The summed E-state index contributed by atoms with van der Waals surface area (Å²) in [7, 11) is 0. The van der Waals surface area contributed by atoms with Gasteiger partial charge in [0.2, 0.25) is 0 Å². The molecular formula is C13H22O. The van der Waals surface area contributed by atoms with E-state index in [2.05, 4.69) is 6.92 Å². The number of carbonyl (C=O) groups excluding carboxylic acids is 1. The summed E-state index contributed by atoms with van der Waals surface area (Å²) in [5.41, 5.74) is 0.0714. The smallest absolute Gasteiger partial charge is 0.141 e. The molecule has 0 bridgehead atoms. The molecule has 2 saturated carbocycles. The summed E-state index contributed by atoms with van der Waals surface area (Å²) in [6.45, 7) is 2.21. The molecule has 80 valence electrons. The molecule has 0 radical (unpaired) electrons. The topological polar surface area (TPSA) is 17.1 Å². The third-order valence-electron chi connectivity index (χ3n) is 4.28. The largest absolute Gasteiger partial charge is 0.299 e. The van der Waals surface area contributed by atoms with Crippen LogP contribution in [0.5, 0.6) is 0 Å². The van der Waals surface area contributed by atoms with Crippen molar-refractivity contribution in [1.82, 2.24) is 0 Å². The van der Waals surface area contributed by atoms with Crippen molar-refractivity contribution in [2.75, 3.05) is 0 Å². The van der Waals surface area contributed by atoms with Gasteiger partial charge >= 0.3 is 0 Å². The van der Waals surface area contributed by atoms with Crippen LogP contribution in [0.3, 0.4) is 0 Å². The number of ketones is 1. The van der Waals surface area contributed by atoms with Gasteiger partial charge in [-0.05, 0) is 25.7 Å². The highest BCUT2D eigenvalue weighted by atomic mass is 16.1. The maximum Gasteiger partial charge on any atom is 0.141 e. The molecule has 0 amide bonds. The van der Waals surface area contributed by atoms with E-state index in [0.29, 0.717) is 11.7 Å². The van der Waals surface area contributed by atoms with Gasteiger partial charge in [-0.15, -0.1) is 0 Å². The second-order valence-electron chi connectivity index (χ2n) is 5.47. The zero-order valence-corrected chi connectivity index (χ0v) is 9.35. The van der Waals surface area contributed by atoms with Crippen LogP contribution in [0.1, 0.15) is 64.7 Å². The molecule has 0 aromatic rings. The molecular weight excluding hydrogens is 172 g/mol. The Morgan fingerprint density at radius 1 is 1.00 bits per heavy atom. The Balaban J connectivity index is 1.98. The maximum atomic E-state index is 12.3. The van der Waals surface area contributed by atoms with E-state index in [-0.39, 0.29) is 5.41 Å². The molecule has 0 N–H and O–H groups in total. The normalized spacial score (nSPS) is 27.8. The summed E-state index contributed by atoms with van der Waals surface area (Å²) in [4.78, 5) is 12.3. The first-order valence-corrected chi connectivity index (χ1v) is 6.27. The fourth-order valence-corrected chi connectivity index (χ4v) is 3.26. The van der Waals surface area contributed by atoms with Gasteiger partial charge in [0.15, 0.2) is 0 Å². The Kier molecular flexibility index (Phi) is 2.94. The molecule has 2 rings (SSSR count). The summed E-state index contributed by atoms with van der Waals surface area (Å²) < 4.78 is 0. The zero-order chi connectivity index (χ0) is 10.0. The predicted octanol–water partition coefficient (Wildman–Crippen LogP) is 3.72. The Labute approximate surface area is 87.3 Å². The molecule has 0 aliphatic heterocycles. The van der Waals surface area contributed by atoms with Crippen molar-refractivity contribution in [3.63, 3.8) is 0 Å². The van der Waals surface area contributed by atoms with Crippen LogP contribution in [0.15, 0.2) is 0 Å². The van der Waals surface area contributed by atoms with E-state index in [1.54, 1.807) is 0 Å². The Hall–Kier alpha value is -0.330. The van der Waals surface area contributed by atoms with Gasteiger partial charge in [0.05, 0.1) is 0 Å². The number of hydrogen-bond donors (Lipinski definition) is 0. The predicted molar refractivity (Wildman–Crippen MR) is 58.2 cm³/mol. The van der Waals surface area contributed by atoms with Crippen molar-refractivity contribution < 1.29 is 4.79 Å². The lowest BCUT2D eigenvalue weighted by Crippen LogP contribution is -2.32. The minimum absolute atomic E-state index is 0.0714. The van der Waals surface area contributed by atoms with Gasteiger partial charge in [-0.2, -0.15) is 0 Å². The van der Waals surface area contributed by atoms with E-state index in [9.17, 15) is 4.79 Å². The van der Waals surface area contributed by atoms with E-state index in [1.807, 2.05) is 0 Å². The summed E-state index contributed by atoms with van der Waals surface area (Å²) >= 11 is 0. The molecule has 0 aromatic heterocycles. The number of Topliss-reactive ketones (excluding diaryl/α,β-unsaturated/α-hetero) is 1. The summed E-state index contributed by atoms with van der Waals surface area (Å²) in [6, 6.07) is 0. The highest BCUT2D eigenvalue weighted by molar-refractivity contribution is 5.87. The van der Waals surface area contributed by atoms with Crippen molar-refractivity contribution >= 4 is 5.78 Å². The lowest BCUT2D eigenvalue weighted by molar-refractivity contribution is -0.132. The van der Waals surface area contributed by atoms with E-state index in [1.165, 1.54) is 44.9 Å². The Morgan fingerprint density at radius 2 is 1.57 bits per heavy atom. The maximum absolute atomic E-state index is 12.3. The molecule has 0 saturated heterocycles. The molecule has 14 heavy (non-hydrogen) atoms. The molecule has 0 unspecified atom stereocenters. The van der Waals surface area contributed by atoms with Gasteiger partial charge in [0.25, 0.3) is 0 Å². The third-order valence-corrected chi connectivity index (χ3v) is 4.28. The van der Waals surface area contributed by atoms with Gasteiger partial charge in [-0.25, -0.2) is 0 Å². The van der Waals surface area contributed by atoms with Crippen LogP contribution >= 0.6 is 0 Å². The molecule has 2 aliphatic carbocycles. The van der Waals surface area contributed by atoms with Crippen LogP contribution in [0.2, 0.25) is 0 Å². The first-order valence-electron chi connectivity index (χ1n) is 6.27.